The average molecular weight is 447 g/mol. The van der Waals surface area contributed by atoms with E-state index in [1.54, 1.807) is 37.3 Å². The lowest BCUT2D eigenvalue weighted by Gasteiger charge is -2.23. The topological polar surface area (TPSA) is 101 Å². The number of carbonyl (C=O) groups is 1. The molecule has 3 rings (SSSR count). The van der Waals surface area contributed by atoms with Gasteiger partial charge >= 0.3 is 0 Å². The summed E-state index contributed by atoms with van der Waals surface area (Å²) < 4.78 is 28.8. The first-order valence-electron chi connectivity index (χ1n) is 8.97. The van der Waals surface area contributed by atoms with Crippen molar-refractivity contribution in [1.82, 2.24) is 9.78 Å². The van der Waals surface area contributed by atoms with Crippen molar-refractivity contribution in [1.29, 1.82) is 0 Å². The summed E-state index contributed by atoms with van der Waals surface area (Å²) in [5.74, 6) is -0.591. The van der Waals surface area contributed by atoms with Crippen molar-refractivity contribution in [2.75, 3.05) is 16.2 Å². The summed E-state index contributed by atoms with van der Waals surface area (Å²) in [5.41, 5.74) is 0.380. The maximum absolute atomic E-state index is 13.3. The normalized spacial score (nSPS) is 11.2. The number of hydrogen-bond donors (Lipinski definition) is 1. The van der Waals surface area contributed by atoms with E-state index in [1.807, 2.05) is 0 Å². The number of halogens is 1. The Hall–Kier alpha value is -3.17. The number of anilines is 2. The summed E-state index contributed by atoms with van der Waals surface area (Å²) in [4.78, 5) is 23.8. The predicted octanol–water partition coefficient (Wildman–Crippen LogP) is 2.90. The molecule has 0 unspecified atom stereocenters. The Kier molecular flexibility index (Phi) is 6.23. The van der Waals surface area contributed by atoms with Crippen LogP contribution in [0.1, 0.15) is 17.4 Å². The molecule has 0 bridgehead atoms. The van der Waals surface area contributed by atoms with E-state index < -0.39 is 15.9 Å². The lowest BCUT2D eigenvalue weighted by Crippen LogP contribution is -2.31. The fraction of sp³-hybridized carbons (Fsp3) is 0.150. The van der Waals surface area contributed by atoms with Gasteiger partial charge in [0.15, 0.2) is 0 Å². The van der Waals surface area contributed by atoms with Gasteiger partial charge in [0.2, 0.25) is 0 Å². The molecule has 0 atom stereocenters. The number of sulfonamides is 1. The average Bonchev–Trinajstić information content (AvgIpc) is 2.72. The molecule has 156 valence electrons. The summed E-state index contributed by atoms with van der Waals surface area (Å²) in [6.45, 7) is 1.91. The number of para-hydroxylation sites is 1. The summed E-state index contributed by atoms with van der Waals surface area (Å²) in [7, 11) is -2.56. The number of carbonyl (C=O) groups excluding carboxylic acids is 1. The zero-order valence-corrected chi connectivity index (χ0v) is 17.8. The molecule has 0 aliphatic rings. The van der Waals surface area contributed by atoms with Gasteiger partial charge in [-0.3, -0.25) is 13.9 Å². The molecule has 10 heteroatoms. The summed E-state index contributed by atoms with van der Waals surface area (Å²) in [5, 5.41) is 6.49. The lowest BCUT2D eigenvalue weighted by atomic mass is 10.3. The van der Waals surface area contributed by atoms with Gasteiger partial charge in [-0.1, -0.05) is 29.8 Å². The van der Waals surface area contributed by atoms with Gasteiger partial charge in [0.05, 0.1) is 10.7 Å². The van der Waals surface area contributed by atoms with Crippen molar-refractivity contribution < 1.29 is 13.2 Å². The Bertz CT molecular complexity index is 1240. The number of aromatic nitrogens is 2. The fourth-order valence-corrected chi connectivity index (χ4v) is 4.78. The Morgan fingerprint density at radius 2 is 1.83 bits per heavy atom. The van der Waals surface area contributed by atoms with Crippen molar-refractivity contribution >= 4 is 38.9 Å². The molecule has 2 aromatic carbocycles. The second-order valence-corrected chi connectivity index (χ2v) is 8.52. The molecule has 0 saturated carbocycles. The molecule has 0 aliphatic carbocycles. The van der Waals surface area contributed by atoms with Gasteiger partial charge in [-0.05, 0) is 43.3 Å². The molecule has 0 radical (unpaired) electrons. The number of rotatable bonds is 6. The van der Waals surface area contributed by atoms with Crippen LogP contribution in [0.4, 0.5) is 11.4 Å². The number of benzene rings is 2. The summed E-state index contributed by atoms with van der Waals surface area (Å²) in [6, 6.07) is 15.3. The van der Waals surface area contributed by atoms with Crippen LogP contribution < -0.4 is 15.2 Å². The molecule has 3 aromatic rings. The first kappa shape index (κ1) is 21.5. The van der Waals surface area contributed by atoms with Gasteiger partial charge in [-0.15, -0.1) is 0 Å². The molecule has 1 amide bonds. The lowest BCUT2D eigenvalue weighted by molar-refractivity contribution is 0.102. The molecule has 0 saturated heterocycles. The fourth-order valence-electron chi connectivity index (χ4n) is 2.80. The summed E-state index contributed by atoms with van der Waals surface area (Å²) in [6.07, 6.45) is 0. The van der Waals surface area contributed by atoms with E-state index in [0.29, 0.717) is 5.69 Å². The molecule has 0 aliphatic heterocycles. The third-order valence-corrected chi connectivity index (χ3v) is 6.67. The van der Waals surface area contributed by atoms with Gasteiger partial charge in [0.25, 0.3) is 21.5 Å². The number of aryl methyl sites for hydroxylation is 1. The third kappa shape index (κ3) is 4.37. The van der Waals surface area contributed by atoms with Crippen LogP contribution in [0.5, 0.6) is 0 Å². The molecule has 8 nitrogen and oxygen atoms in total. The Balaban J connectivity index is 1.95. The van der Waals surface area contributed by atoms with Crippen LogP contribution in [0.3, 0.4) is 0 Å². The number of hydrogen-bond acceptors (Lipinski definition) is 5. The van der Waals surface area contributed by atoms with E-state index in [0.717, 1.165) is 4.68 Å². The van der Waals surface area contributed by atoms with Gasteiger partial charge in [0, 0.05) is 25.3 Å². The molecular formula is C20H19ClN4O4S. The maximum atomic E-state index is 13.3. The Morgan fingerprint density at radius 3 is 2.47 bits per heavy atom. The molecule has 30 heavy (non-hydrogen) atoms. The Labute approximate surface area is 178 Å². The maximum Gasteiger partial charge on any atom is 0.276 e. The first-order valence-corrected chi connectivity index (χ1v) is 10.8. The predicted molar refractivity (Wildman–Crippen MR) is 116 cm³/mol. The smallest absolute Gasteiger partial charge is 0.276 e. The van der Waals surface area contributed by atoms with E-state index in [1.165, 1.54) is 41.7 Å². The van der Waals surface area contributed by atoms with Gasteiger partial charge in [0.1, 0.15) is 10.6 Å². The quantitative estimate of drug-likeness (QED) is 0.627. The van der Waals surface area contributed by atoms with Gasteiger partial charge < -0.3 is 5.32 Å². The molecule has 1 heterocycles. The van der Waals surface area contributed by atoms with Gasteiger partial charge in [-0.25, -0.2) is 13.1 Å². The standard InChI is InChI=1S/C20H19ClN4O4S/c1-3-25(15-7-5-4-6-8-15)30(28,29)18-13-14(9-10-16(18)21)22-20(27)17-11-12-19(26)24(2)23-17/h4-13H,3H2,1-2H3,(H,22,27). The number of nitrogens with one attached hydrogen (secondary N) is 1. The van der Waals surface area contributed by atoms with Crippen LogP contribution in [0.2, 0.25) is 5.02 Å². The van der Waals surface area contributed by atoms with E-state index in [2.05, 4.69) is 10.4 Å². The zero-order valence-electron chi connectivity index (χ0n) is 16.2. The van der Waals surface area contributed by atoms with Crippen molar-refractivity contribution in [2.24, 2.45) is 7.05 Å². The molecule has 1 aromatic heterocycles. The van der Waals surface area contributed by atoms with Crippen molar-refractivity contribution in [3.8, 4) is 0 Å². The number of amides is 1. The summed E-state index contributed by atoms with van der Waals surface area (Å²) >= 11 is 6.19. The second kappa shape index (κ2) is 8.68. The molecular weight excluding hydrogens is 428 g/mol. The largest absolute Gasteiger partial charge is 0.321 e. The monoisotopic (exact) mass is 446 g/mol. The Morgan fingerprint density at radius 1 is 1.13 bits per heavy atom. The van der Waals surface area contributed by atoms with E-state index in [9.17, 15) is 18.0 Å². The zero-order chi connectivity index (χ0) is 21.9. The minimum atomic E-state index is -3.98. The highest BCUT2D eigenvalue weighted by Crippen LogP contribution is 2.30. The van der Waals surface area contributed by atoms with Crippen LogP contribution >= 0.6 is 11.6 Å². The highest BCUT2D eigenvalue weighted by atomic mass is 35.5. The van der Waals surface area contributed by atoms with Crippen LogP contribution in [-0.4, -0.2) is 30.7 Å². The van der Waals surface area contributed by atoms with Crippen LogP contribution in [0.25, 0.3) is 0 Å². The minimum Gasteiger partial charge on any atom is -0.321 e. The van der Waals surface area contributed by atoms with Crippen LogP contribution in [-0.2, 0) is 17.1 Å². The van der Waals surface area contributed by atoms with Crippen molar-refractivity contribution in [3.05, 3.63) is 81.7 Å². The van der Waals surface area contributed by atoms with E-state index >= 15 is 0 Å². The third-order valence-electron chi connectivity index (χ3n) is 4.28. The molecule has 1 N–H and O–H groups in total. The van der Waals surface area contributed by atoms with Crippen LogP contribution in [0, 0.1) is 0 Å². The van der Waals surface area contributed by atoms with Crippen molar-refractivity contribution in [2.45, 2.75) is 11.8 Å². The second-order valence-electron chi connectivity index (χ2n) is 6.29. The number of nitrogens with zero attached hydrogens (tertiary/aromatic N) is 3. The van der Waals surface area contributed by atoms with Crippen LogP contribution in [0.15, 0.2) is 70.4 Å². The first-order chi connectivity index (χ1) is 14.2. The minimum absolute atomic E-state index is 0.0101. The SMILES string of the molecule is CCN(c1ccccc1)S(=O)(=O)c1cc(NC(=O)c2ccc(=O)n(C)n2)ccc1Cl. The highest BCUT2D eigenvalue weighted by Gasteiger charge is 2.26. The molecule has 0 fully saturated rings. The molecule has 0 spiro atoms. The van der Waals surface area contributed by atoms with E-state index in [4.69, 9.17) is 11.6 Å². The van der Waals surface area contributed by atoms with E-state index in [-0.39, 0.29) is 33.4 Å². The van der Waals surface area contributed by atoms with Crippen molar-refractivity contribution in [3.63, 3.8) is 0 Å². The van der Waals surface area contributed by atoms with Gasteiger partial charge in [-0.2, -0.15) is 5.10 Å². The highest BCUT2D eigenvalue weighted by molar-refractivity contribution is 7.93.